The van der Waals surface area contributed by atoms with Gasteiger partial charge in [-0.15, -0.1) is 13.2 Å². The molecular weight excluding hydrogens is 305 g/mol. The van der Waals surface area contributed by atoms with E-state index in [1.54, 1.807) is 0 Å². The highest BCUT2D eigenvalue weighted by Gasteiger charge is 2.31. The third-order valence-electron chi connectivity index (χ3n) is 1.97. The Kier molecular flexibility index (Phi) is 4.79. The van der Waals surface area contributed by atoms with Gasteiger partial charge in [0.05, 0.1) is 6.10 Å². The summed E-state index contributed by atoms with van der Waals surface area (Å²) in [6.07, 6.45) is -5.57. The van der Waals surface area contributed by atoms with Crippen LogP contribution in [0.2, 0.25) is 0 Å². The maximum absolute atomic E-state index is 11.9. The molecule has 0 heterocycles. The number of alkyl halides is 3. The zero-order chi connectivity index (χ0) is 13.1. The van der Waals surface area contributed by atoms with Gasteiger partial charge in [-0.05, 0) is 17.7 Å². The van der Waals surface area contributed by atoms with Crippen LogP contribution in [0.4, 0.5) is 13.2 Å². The number of ether oxygens (including phenoxy) is 1. The topological polar surface area (TPSA) is 49.7 Å². The van der Waals surface area contributed by atoms with Crippen molar-refractivity contribution in [3.05, 3.63) is 28.2 Å². The summed E-state index contributed by atoms with van der Waals surface area (Å²) in [4.78, 5) is 0. The second-order valence-electron chi connectivity index (χ2n) is 3.26. The Morgan fingerprint density at radius 1 is 1.35 bits per heavy atom. The molecule has 0 aromatic heterocycles. The van der Waals surface area contributed by atoms with Crippen LogP contribution in [0.3, 0.4) is 0 Å². The van der Waals surface area contributed by atoms with Crippen LogP contribution in [0.5, 0.6) is 5.75 Å². The van der Waals surface area contributed by atoms with Gasteiger partial charge in [0.25, 0.3) is 0 Å². The average Bonchev–Trinajstić information content (AvgIpc) is 2.15. The summed E-state index contributed by atoms with van der Waals surface area (Å²) < 4.78 is 39.8. The van der Waals surface area contributed by atoms with Crippen molar-refractivity contribution in [1.29, 1.82) is 0 Å². The molecule has 0 saturated heterocycles. The number of hydrogen-bond donors (Lipinski definition) is 2. The lowest BCUT2D eigenvalue weighted by Crippen LogP contribution is -2.17. The summed E-state index contributed by atoms with van der Waals surface area (Å²) >= 11 is 3.04. The minimum absolute atomic E-state index is 0.109. The summed E-state index contributed by atoms with van der Waals surface area (Å²) in [5.74, 6) is -0.371. The van der Waals surface area contributed by atoms with Gasteiger partial charge in [0.15, 0.2) is 0 Å². The number of rotatable bonds is 4. The van der Waals surface area contributed by atoms with Crippen molar-refractivity contribution in [1.82, 2.24) is 0 Å². The van der Waals surface area contributed by atoms with Crippen molar-refractivity contribution in [2.45, 2.75) is 18.9 Å². The fourth-order valence-corrected chi connectivity index (χ4v) is 1.88. The van der Waals surface area contributed by atoms with E-state index < -0.39 is 12.5 Å². The van der Waals surface area contributed by atoms with E-state index in [-0.39, 0.29) is 18.8 Å². The molecule has 0 aliphatic carbocycles. The highest BCUT2D eigenvalue weighted by molar-refractivity contribution is 9.10. The molecule has 1 rings (SSSR count). The predicted molar refractivity (Wildman–Crippen MR) is 57.5 cm³/mol. The maximum Gasteiger partial charge on any atom is 0.573 e. The second-order valence-corrected chi connectivity index (χ2v) is 4.11. The molecule has 1 atom stereocenters. The van der Waals surface area contributed by atoms with E-state index in [9.17, 15) is 18.3 Å². The van der Waals surface area contributed by atoms with E-state index in [2.05, 4.69) is 20.7 Å². The van der Waals surface area contributed by atoms with Crippen LogP contribution in [-0.2, 0) is 0 Å². The molecule has 0 amide bonds. The molecule has 0 radical (unpaired) electrons. The van der Waals surface area contributed by atoms with Crippen molar-refractivity contribution in [2.24, 2.45) is 0 Å². The average molecular weight is 315 g/mol. The van der Waals surface area contributed by atoms with Crippen LogP contribution < -0.4 is 4.74 Å². The normalized spacial score (nSPS) is 13.5. The summed E-state index contributed by atoms with van der Waals surface area (Å²) in [5.41, 5.74) is 0.397. The van der Waals surface area contributed by atoms with E-state index >= 15 is 0 Å². The molecule has 0 aliphatic heterocycles. The zero-order valence-corrected chi connectivity index (χ0v) is 10.1. The minimum Gasteiger partial charge on any atom is -0.406 e. The number of aliphatic hydroxyl groups excluding tert-OH is 2. The molecule has 3 nitrogen and oxygen atoms in total. The van der Waals surface area contributed by atoms with E-state index in [0.717, 1.165) is 12.1 Å². The highest BCUT2D eigenvalue weighted by Crippen LogP contribution is 2.31. The lowest BCUT2D eigenvalue weighted by molar-refractivity contribution is -0.274. The van der Waals surface area contributed by atoms with E-state index in [1.807, 2.05) is 0 Å². The van der Waals surface area contributed by atoms with Crippen molar-refractivity contribution in [2.75, 3.05) is 6.61 Å². The lowest BCUT2D eigenvalue weighted by atomic mass is 10.1. The van der Waals surface area contributed by atoms with E-state index in [1.165, 1.54) is 6.07 Å². The number of benzene rings is 1. The van der Waals surface area contributed by atoms with Crippen LogP contribution in [-0.4, -0.2) is 23.2 Å². The molecule has 0 spiro atoms. The van der Waals surface area contributed by atoms with Crippen molar-refractivity contribution in [3.8, 4) is 5.75 Å². The van der Waals surface area contributed by atoms with Gasteiger partial charge < -0.3 is 14.9 Å². The Morgan fingerprint density at radius 2 is 2.00 bits per heavy atom. The standard InChI is InChI=1S/C10H10BrF3O3/c11-8-5-6(17-10(12,13)14)1-2-7(8)9(16)3-4-15/h1-2,5,9,15-16H,3-4H2. The quantitative estimate of drug-likeness (QED) is 0.898. The predicted octanol–water partition coefficient (Wildman–Crippen LogP) is 2.76. The van der Waals surface area contributed by atoms with E-state index in [4.69, 9.17) is 5.11 Å². The largest absolute Gasteiger partial charge is 0.573 e. The first-order chi connectivity index (χ1) is 7.83. The third kappa shape index (κ3) is 4.53. The molecule has 7 heteroatoms. The second kappa shape index (κ2) is 5.70. The Bertz CT molecular complexity index is 382. The van der Waals surface area contributed by atoms with Crippen molar-refractivity contribution in [3.63, 3.8) is 0 Å². The van der Waals surface area contributed by atoms with Crippen LogP contribution in [0.15, 0.2) is 22.7 Å². The van der Waals surface area contributed by atoms with Gasteiger partial charge in [-0.2, -0.15) is 0 Å². The molecular formula is C10H10BrF3O3. The fourth-order valence-electron chi connectivity index (χ4n) is 1.25. The summed E-state index contributed by atoms with van der Waals surface area (Å²) in [7, 11) is 0. The molecule has 2 N–H and O–H groups in total. The van der Waals surface area contributed by atoms with E-state index in [0.29, 0.717) is 10.0 Å². The maximum atomic E-state index is 11.9. The highest BCUT2D eigenvalue weighted by atomic mass is 79.9. The van der Waals surface area contributed by atoms with Gasteiger partial charge >= 0.3 is 6.36 Å². The minimum atomic E-state index is -4.75. The molecule has 1 aromatic carbocycles. The Hall–Kier alpha value is -0.790. The molecule has 0 bridgehead atoms. The number of halogens is 4. The molecule has 1 aromatic rings. The van der Waals surface area contributed by atoms with Crippen molar-refractivity contribution < 1.29 is 28.1 Å². The molecule has 0 fully saturated rings. The number of hydrogen-bond acceptors (Lipinski definition) is 3. The van der Waals surface area contributed by atoms with Gasteiger partial charge in [0.1, 0.15) is 5.75 Å². The Balaban J connectivity index is 2.86. The van der Waals surface area contributed by atoms with Gasteiger partial charge in [-0.25, -0.2) is 0 Å². The molecule has 17 heavy (non-hydrogen) atoms. The smallest absolute Gasteiger partial charge is 0.406 e. The van der Waals surface area contributed by atoms with Crippen LogP contribution in [0, 0.1) is 0 Å². The first-order valence-electron chi connectivity index (χ1n) is 4.67. The molecule has 0 saturated carbocycles. The zero-order valence-electron chi connectivity index (χ0n) is 8.54. The Morgan fingerprint density at radius 3 is 2.47 bits per heavy atom. The number of aliphatic hydroxyl groups is 2. The van der Waals surface area contributed by atoms with Crippen LogP contribution in [0.25, 0.3) is 0 Å². The lowest BCUT2D eigenvalue weighted by Gasteiger charge is -2.14. The van der Waals surface area contributed by atoms with Gasteiger partial charge in [0.2, 0.25) is 0 Å². The van der Waals surface area contributed by atoms with Gasteiger partial charge in [-0.1, -0.05) is 22.0 Å². The third-order valence-corrected chi connectivity index (χ3v) is 2.65. The SMILES string of the molecule is OCCC(O)c1ccc(OC(F)(F)F)cc1Br. The summed E-state index contributed by atoms with van der Waals surface area (Å²) in [6, 6.07) is 3.53. The first kappa shape index (κ1) is 14.3. The molecule has 96 valence electrons. The fraction of sp³-hybridized carbons (Fsp3) is 0.400. The summed E-state index contributed by atoms with van der Waals surface area (Å²) in [6.45, 7) is -0.214. The Labute approximate surface area is 104 Å². The molecule has 0 aliphatic rings. The van der Waals surface area contributed by atoms with Crippen LogP contribution >= 0.6 is 15.9 Å². The van der Waals surface area contributed by atoms with Crippen LogP contribution in [0.1, 0.15) is 18.1 Å². The molecule has 1 unspecified atom stereocenters. The van der Waals surface area contributed by atoms with Gasteiger partial charge in [0, 0.05) is 17.5 Å². The monoisotopic (exact) mass is 314 g/mol. The van der Waals surface area contributed by atoms with Crippen molar-refractivity contribution >= 4 is 15.9 Å². The summed E-state index contributed by atoms with van der Waals surface area (Å²) in [5, 5.41) is 18.2. The first-order valence-corrected chi connectivity index (χ1v) is 5.47. The van der Waals surface area contributed by atoms with Gasteiger partial charge in [-0.3, -0.25) is 0 Å².